The molecule has 1 aromatic rings. The van der Waals surface area contributed by atoms with Crippen LogP contribution in [0.5, 0.6) is 0 Å². The van der Waals surface area contributed by atoms with Gasteiger partial charge in [0.2, 0.25) is 0 Å². The van der Waals surface area contributed by atoms with Crippen LogP contribution in [0.4, 0.5) is 10.5 Å². The quantitative estimate of drug-likeness (QED) is 0.927. The van der Waals surface area contributed by atoms with E-state index < -0.39 is 0 Å². The van der Waals surface area contributed by atoms with Crippen LogP contribution in [0.2, 0.25) is 0 Å². The molecule has 2 amide bonds. The van der Waals surface area contributed by atoms with E-state index in [0.717, 1.165) is 25.3 Å². The molecule has 0 saturated carbocycles. The molecule has 1 saturated heterocycles. The third-order valence-electron chi connectivity index (χ3n) is 4.24. The molecule has 0 bridgehead atoms. The fraction of sp³-hybridized carbons (Fsp3) is 0.588. The summed E-state index contributed by atoms with van der Waals surface area (Å²) in [5.74, 6) is 0.452. The Bertz CT molecular complexity index is 458. The first-order valence-electron chi connectivity index (χ1n) is 7.85. The van der Waals surface area contributed by atoms with E-state index in [0.29, 0.717) is 12.0 Å². The minimum Gasteiger partial charge on any atom is -0.319 e. The van der Waals surface area contributed by atoms with E-state index in [2.05, 4.69) is 37.9 Å². The zero-order valence-electron chi connectivity index (χ0n) is 13.5. The van der Waals surface area contributed by atoms with Gasteiger partial charge in [0.15, 0.2) is 0 Å². The Morgan fingerprint density at radius 1 is 1.14 bits per heavy atom. The van der Waals surface area contributed by atoms with Crippen molar-refractivity contribution in [1.29, 1.82) is 0 Å². The zero-order valence-corrected chi connectivity index (χ0v) is 13.5. The maximum absolute atomic E-state index is 12.6. The van der Waals surface area contributed by atoms with Gasteiger partial charge in [0.25, 0.3) is 0 Å². The average Bonchev–Trinajstić information content (AvgIpc) is 2.47. The third-order valence-corrected chi connectivity index (χ3v) is 4.24. The smallest absolute Gasteiger partial charge is 0.319 e. The highest BCUT2D eigenvalue weighted by Crippen LogP contribution is 2.20. The van der Waals surface area contributed by atoms with E-state index in [1.54, 1.807) is 0 Å². The summed E-state index contributed by atoms with van der Waals surface area (Å²) in [6.07, 6.45) is 0. The van der Waals surface area contributed by atoms with Gasteiger partial charge in [-0.2, -0.15) is 0 Å². The van der Waals surface area contributed by atoms with Gasteiger partial charge in [-0.1, -0.05) is 32.0 Å². The summed E-state index contributed by atoms with van der Waals surface area (Å²) in [6, 6.07) is 10.5. The van der Waals surface area contributed by atoms with Crippen molar-refractivity contribution in [3.63, 3.8) is 0 Å². The fourth-order valence-corrected chi connectivity index (χ4v) is 2.84. The number of benzene rings is 1. The van der Waals surface area contributed by atoms with Crippen molar-refractivity contribution < 1.29 is 4.79 Å². The second kappa shape index (κ2) is 6.94. The fourth-order valence-electron chi connectivity index (χ4n) is 2.84. The van der Waals surface area contributed by atoms with E-state index in [4.69, 9.17) is 0 Å². The first-order valence-corrected chi connectivity index (χ1v) is 7.85. The molecule has 21 heavy (non-hydrogen) atoms. The predicted octanol–water partition coefficient (Wildman–Crippen LogP) is 3.27. The highest BCUT2D eigenvalue weighted by atomic mass is 16.2. The number of nitrogens with zero attached hydrogens (tertiary/aromatic N) is 2. The number of amides is 2. The van der Waals surface area contributed by atoms with Crippen molar-refractivity contribution in [3.8, 4) is 0 Å². The van der Waals surface area contributed by atoms with E-state index in [1.807, 2.05) is 35.2 Å². The Kier molecular flexibility index (Phi) is 5.23. The number of para-hydroxylation sites is 1. The van der Waals surface area contributed by atoms with Gasteiger partial charge in [0.05, 0.1) is 0 Å². The number of piperazine rings is 1. The van der Waals surface area contributed by atoms with Crippen LogP contribution in [0.1, 0.15) is 27.7 Å². The van der Waals surface area contributed by atoms with Crippen molar-refractivity contribution >= 4 is 11.7 Å². The number of carbonyl (C=O) groups is 1. The SMILES string of the molecule is CC(C)C1CN(C(C)C)CCN1C(=O)Nc1ccccc1. The second-order valence-corrected chi connectivity index (χ2v) is 6.39. The van der Waals surface area contributed by atoms with Crippen molar-refractivity contribution in [2.75, 3.05) is 25.0 Å². The molecule has 1 atom stereocenters. The molecule has 1 aliphatic heterocycles. The molecule has 4 nitrogen and oxygen atoms in total. The Balaban J connectivity index is 2.05. The minimum atomic E-state index is 0.0170. The molecule has 1 unspecified atom stereocenters. The summed E-state index contributed by atoms with van der Waals surface area (Å²) >= 11 is 0. The number of anilines is 1. The summed E-state index contributed by atoms with van der Waals surface area (Å²) in [4.78, 5) is 17.0. The summed E-state index contributed by atoms with van der Waals surface area (Å²) < 4.78 is 0. The lowest BCUT2D eigenvalue weighted by molar-refractivity contribution is 0.0612. The maximum atomic E-state index is 12.6. The van der Waals surface area contributed by atoms with Crippen molar-refractivity contribution in [2.45, 2.75) is 39.8 Å². The van der Waals surface area contributed by atoms with Crippen LogP contribution in [0.3, 0.4) is 0 Å². The van der Waals surface area contributed by atoms with Crippen molar-refractivity contribution in [3.05, 3.63) is 30.3 Å². The number of rotatable bonds is 3. The van der Waals surface area contributed by atoms with Crippen molar-refractivity contribution in [2.24, 2.45) is 5.92 Å². The minimum absolute atomic E-state index is 0.0170. The summed E-state index contributed by atoms with van der Waals surface area (Å²) in [7, 11) is 0. The second-order valence-electron chi connectivity index (χ2n) is 6.39. The number of urea groups is 1. The zero-order chi connectivity index (χ0) is 15.4. The number of nitrogens with one attached hydrogen (secondary N) is 1. The Labute approximate surface area is 128 Å². The van der Waals surface area contributed by atoms with Crippen LogP contribution < -0.4 is 5.32 Å². The molecule has 0 radical (unpaired) electrons. The highest BCUT2D eigenvalue weighted by molar-refractivity contribution is 5.89. The van der Waals surface area contributed by atoms with Crippen LogP contribution in [-0.2, 0) is 0 Å². The first-order chi connectivity index (χ1) is 9.99. The van der Waals surface area contributed by atoms with Gasteiger partial charge in [-0.15, -0.1) is 0 Å². The number of hydrogen-bond donors (Lipinski definition) is 1. The largest absolute Gasteiger partial charge is 0.322 e. The lowest BCUT2D eigenvalue weighted by atomic mass is 9.99. The Hall–Kier alpha value is -1.55. The maximum Gasteiger partial charge on any atom is 0.322 e. The van der Waals surface area contributed by atoms with Crippen molar-refractivity contribution in [1.82, 2.24) is 9.80 Å². The molecule has 1 aliphatic rings. The molecule has 1 fully saturated rings. The van der Waals surface area contributed by atoms with E-state index in [9.17, 15) is 4.79 Å². The van der Waals surface area contributed by atoms with Gasteiger partial charge in [0.1, 0.15) is 0 Å². The Morgan fingerprint density at radius 2 is 1.81 bits per heavy atom. The third kappa shape index (κ3) is 3.97. The molecule has 1 aromatic carbocycles. The summed E-state index contributed by atoms with van der Waals surface area (Å²) in [5, 5.41) is 3.01. The average molecular weight is 289 g/mol. The molecule has 0 aliphatic carbocycles. The van der Waals surface area contributed by atoms with Crippen LogP contribution in [0.15, 0.2) is 30.3 Å². The molecular formula is C17H27N3O. The molecule has 1 N–H and O–H groups in total. The number of hydrogen-bond acceptors (Lipinski definition) is 2. The standard InChI is InChI=1S/C17H27N3O/c1-13(2)16-12-19(14(3)4)10-11-20(16)17(21)18-15-8-6-5-7-9-15/h5-9,13-14,16H,10-12H2,1-4H3,(H,18,21). The molecule has 0 spiro atoms. The van der Waals surface area contributed by atoms with Gasteiger partial charge < -0.3 is 10.2 Å². The first kappa shape index (κ1) is 15.8. The van der Waals surface area contributed by atoms with Crippen LogP contribution >= 0.6 is 0 Å². The lowest BCUT2D eigenvalue weighted by Crippen LogP contribution is -2.59. The molecule has 116 valence electrons. The van der Waals surface area contributed by atoms with Gasteiger partial charge in [-0.3, -0.25) is 4.90 Å². The molecule has 0 aromatic heterocycles. The summed E-state index contributed by atoms with van der Waals surface area (Å²) in [5.41, 5.74) is 0.858. The summed E-state index contributed by atoms with van der Waals surface area (Å²) in [6.45, 7) is 11.5. The van der Waals surface area contributed by atoms with E-state index in [1.165, 1.54) is 0 Å². The van der Waals surface area contributed by atoms with Gasteiger partial charge in [-0.05, 0) is 31.9 Å². The normalized spacial score (nSPS) is 20.1. The van der Waals surface area contributed by atoms with Gasteiger partial charge in [-0.25, -0.2) is 4.79 Å². The van der Waals surface area contributed by atoms with Crippen LogP contribution in [0, 0.1) is 5.92 Å². The predicted molar refractivity (Wildman–Crippen MR) is 87.5 cm³/mol. The van der Waals surface area contributed by atoms with Crippen LogP contribution in [0.25, 0.3) is 0 Å². The molecule has 2 rings (SSSR count). The van der Waals surface area contributed by atoms with E-state index in [-0.39, 0.29) is 12.1 Å². The highest BCUT2D eigenvalue weighted by Gasteiger charge is 2.33. The Morgan fingerprint density at radius 3 is 2.38 bits per heavy atom. The topological polar surface area (TPSA) is 35.6 Å². The molecule has 1 heterocycles. The molecular weight excluding hydrogens is 262 g/mol. The van der Waals surface area contributed by atoms with E-state index >= 15 is 0 Å². The van der Waals surface area contributed by atoms with Gasteiger partial charge in [0, 0.05) is 37.4 Å². The van der Waals surface area contributed by atoms with Crippen LogP contribution in [-0.4, -0.2) is 47.5 Å². The monoisotopic (exact) mass is 289 g/mol. The molecule has 4 heteroatoms. The van der Waals surface area contributed by atoms with Gasteiger partial charge >= 0.3 is 6.03 Å². The number of carbonyl (C=O) groups excluding carboxylic acids is 1. The lowest BCUT2D eigenvalue weighted by Gasteiger charge is -2.44.